The van der Waals surface area contributed by atoms with E-state index in [2.05, 4.69) is 10.6 Å². The summed E-state index contributed by atoms with van der Waals surface area (Å²) in [7, 11) is 0. The molecular weight excluding hydrogens is 384 g/mol. The van der Waals surface area contributed by atoms with Gasteiger partial charge in [-0.3, -0.25) is 14.4 Å². The molecule has 0 atom stereocenters. The predicted octanol–water partition coefficient (Wildman–Crippen LogP) is 5.11. The van der Waals surface area contributed by atoms with Crippen LogP contribution < -0.4 is 10.6 Å². The number of anilines is 2. The second-order valence-corrected chi connectivity index (χ2v) is 7.07. The van der Waals surface area contributed by atoms with Crippen molar-refractivity contribution in [2.24, 2.45) is 0 Å². The lowest BCUT2D eigenvalue weighted by molar-refractivity contribution is 0.100. The molecule has 0 radical (unpaired) electrons. The molecule has 0 fully saturated rings. The zero-order valence-corrected chi connectivity index (χ0v) is 15.9. The first kappa shape index (κ1) is 18.8. The third-order valence-electron chi connectivity index (χ3n) is 3.75. The van der Waals surface area contributed by atoms with Crippen molar-refractivity contribution >= 4 is 51.2 Å². The van der Waals surface area contributed by atoms with Gasteiger partial charge in [-0.25, -0.2) is 0 Å². The maximum Gasteiger partial charge on any atom is 0.258 e. The lowest BCUT2D eigenvalue weighted by Gasteiger charge is -2.09. The van der Waals surface area contributed by atoms with Gasteiger partial charge in [0.25, 0.3) is 11.8 Å². The fourth-order valence-corrected chi connectivity index (χ4v) is 3.37. The van der Waals surface area contributed by atoms with Gasteiger partial charge in [0.2, 0.25) is 0 Å². The number of hydrogen-bond acceptors (Lipinski definition) is 4. The summed E-state index contributed by atoms with van der Waals surface area (Å²) >= 11 is 7.16. The summed E-state index contributed by atoms with van der Waals surface area (Å²) in [5.74, 6) is -0.818. The number of benzene rings is 2. The average molecular weight is 399 g/mol. The van der Waals surface area contributed by atoms with E-state index >= 15 is 0 Å². The van der Waals surface area contributed by atoms with E-state index in [-0.39, 0.29) is 17.6 Å². The van der Waals surface area contributed by atoms with Crippen molar-refractivity contribution in [3.8, 4) is 0 Å². The molecule has 0 saturated heterocycles. The molecule has 3 rings (SSSR count). The summed E-state index contributed by atoms with van der Waals surface area (Å²) in [5, 5.41) is 8.08. The van der Waals surface area contributed by atoms with Crippen LogP contribution in [-0.4, -0.2) is 17.6 Å². The minimum atomic E-state index is -0.377. The summed E-state index contributed by atoms with van der Waals surface area (Å²) in [5.41, 5.74) is 1.75. The number of Topliss-reactive ketones (excluding diaryl/α,β-unsaturated/α-hetero) is 1. The number of amides is 2. The summed E-state index contributed by atoms with van der Waals surface area (Å²) in [6, 6.07) is 14.9. The van der Waals surface area contributed by atoms with Gasteiger partial charge in [0.15, 0.2) is 5.78 Å². The Labute approximate surface area is 165 Å². The summed E-state index contributed by atoms with van der Waals surface area (Å²) in [6.07, 6.45) is 0. The van der Waals surface area contributed by atoms with Gasteiger partial charge >= 0.3 is 0 Å². The fourth-order valence-electron chi connectivity index (χ4n) is 2.40. The maximum atomic E-state index is 12.6. The normalized spacial score (nSPS) is 10.3. The highest BCUT2D eigenvalue weighted by atomic mass is 35.5. The third kappa shape index (κ3) is 4.61. The van der Waals surface area contributed by atoms with E-state index in [0.29, 0.717) is 32.4 Å². The summed E-state index contributed by atoms with van der Waals surface area (Å²) in [6.45, 7) is 1.46. The molecule has 0 spiro atoms. The first-order valence-electron chi connectivity index (χ1n) is 8.01. The second-order valence-electron chi connectivity index (χ2n) is 5.72. The van der Waals surface area contributed by atoms with Crippen LogP contribution in [0.15, 0.2) is 60.0 Å². The molecule has 136 valence electrons. The first-order valence-corrected chi connectivity index (χ1v) is 9.26. The van der Waals surface area contributed by atoms with Crippen LogP contribution in [0.4, 0.5) is 10.7 Å². The number of nitrogens with one attached hydrogen (secondary N) is 2. The molecule has 2 N–H and O–H groups in total. The van der Waals surface area contributed by atoms with Crippen molar-refractivity contribution in [2.45, 2.75) is 6.92 Å². The predicted molar refractivity (Wildman–Crippen MR) is 108 cm³/mol. The summed E-state index contributed by atoms with van der Waals surface area (Å²) < 4.78 is 0. The first-order chi connectivity index (χ1) is 12.9. The Morgan fingerprint density at radius 2 is 1.63 bits per heavy atom. The van der Waals surface area contributed by atoms with Crippen LogP contribution in [0.25, 0.3) is 0 Å². The zero-order valence-electron chi connectivity index (χ0n) is 14.3. The quantitative estimate of drug-likeness (QED) is 0.586. The van der Waals surface area contributed by atoms with Crippen LogP contribution in [0.1, 0.15) is 38.0 Å². The average Bonchev–Trinajstić information content (AvgIpc) is 3.10. The molecular formula is C20H15ClN2O3S. The molecule has 0 aliphatic carbocycles. The van der Waals surface area contributed by atoms with E-state index < -0.39 is 0 Å². The minimum Gasteiger partial charge on any atom is -0.322 e. The maximum absolute atomic E-state index is 12.6. The molecule has 0 aliphatic heterocycles. The number of hydrogen-bond donors (Lipinski definition) is 2. The topological polar surface area (TPSA) is 75.3 Å². The Morgan fingerprint density at radius 3 is 2.37 bits per heavy atom. The van der Waals surface area contributed by atoms with E-state index in [1.54, 1.807) is 60.0 Å². The zero-order chi connectivity index (χ0) is 19.4. The van der Waals surface area contributed by atoms with Gasteiger partial charge in [-0.05, 0) is 48.7 Å². The Morgan fingerprint density at radius 1 is 0.889 bits per heavy atom. The molecule has 0 bridgehead atoms. The highest BCUT2D eigenvalue weighted by Gasteiger charge is 2.16. The van der Waals surface area contributed by atoms with Crippen LogP contribution in [0.5, 0.6) is 0 Å². The Bertz CT molecular complexity index is 1030. The lowest BCUT2D eigenvalue weighted by Crippen LogP contribution is -2.16. The molecule has 7 heteroatoms. The van der Waals surface area contributed by atoms with E-state index in [1.807, 2.05) is 0 Å². The van der Waals surface area contributed by atoms with E-state index in [1.165, 1.54) is 18.3 Å². The minimum absolute atomic E-state index is 0.0869. The van der Waals surface area contributed by atoms with Crippen molar-refractivity contribution in [1.29, 1.82) is 0 Å². The fraction of sp³-hybridized carbons (Fsp3) is 0.0500. The van der Waals surface area contributed by atoms with Crippen molar-refractivity contribution < 1.29 is 14.4 Å². The van der Waals surface area contributed by atoms with Gasteiger partial charge in [-0.1, -0.05) is 29.8 Å². The number of carbonyl (C=O) groups is 3. The molecule has 1 heterocycles. The number of halogens is 1. The number of carbonyl (C=O) groups excluding carboxylic acids is 3. The SMILES string of the molecule is CC(=O)c1cccc(NC(=O)c2ccsc2NC(=O)c2cccc(Cl)c2)c1. The van der Waals surface area contributed by atoms with Gasteiger partial charge < -0.3 is 10.6 Å². The summed E-state index contributed by atoms with van der Waals surface area (Å²) in [4.78, 5) is 36.5. The number of thiophene rings is 1. The van der Waals surface area contributed by atoms with Crippen molar-refractivity contribution in [3.63, 3.8) is 0 Å². The standard InChI is InChI=1S/C20H15ClN2O3S/c1-12(24)13-4-3-7-16(11-13)22-19(26)17-8-9-27-20(17)23-18(25)14-5-2-6-15(21)10-14/h2-11H,1H3,(H,22,26)(H,23,25). The van der Waals surface area contributed by atoms with Crippen LogP contribution in [0.3, 0.4) is 0 Å². The third-order valence-corrected chi connectivity index (χ3v) is 4.82. The molecule has 2 aromatic carbocycles. The molecule has 3 aromatic rings. The Balaban J connectivity index is 1.76. The molecule has 0 aliphatic rings. The van der Waals surface area contributed by atoms with E-state index in [0.717, 1.165) is 0 Å². The highest BCUT2D eigenvalue weighted by Crippen LogP contribution is 2.25. The Kier molecular flexibility index (Phi) is 5.69. The molecule has 5 nitrogen and oxygen atoms in total. The van der Waals surface area contributed by atoms with Crippen molar-refractivity contribution in [3.05, 3.63) is 81.7 Å². The smallest absolute Gasteiger partial charge is 0.258 e. The van der Waals surface area contributed by atoms with Crippen LogP contribution in [0.2, 0.25) is 5.02 Å². The van der Waals surface area contributed by atoms with Crippen molar-refractivity contribution in [1.82, 2.24) is 0 Å². The second kappa shape index (κ2) is 8.16. The van der Waals surface area contributed by atoms with Crippen LogP contribution in [-0.2, 0) is 0 Å². The molecule has 0 saturated carbocycles. The molecule has 1 aromatic heterocycles. The van der Waals surface area contributed by atoms with E-state index in [9.17, 15) is 14.4 Å². The number of ketones is 1. The molecule has 0 unspecified atom stereocenters. The van der Waals surface area contributed by atoms with Crippen LogP contribution >= 0.6 is 22.9 Å². The molecule has 27 heavy (non-hydrogen) atoms. The lowest BCUT2D eigenvalue weighted by atomic mass is 10.1. The van der Waals surface area contributed by atoms with Gasteiger partial charge in [-0.2, -0.15) is 0 Å². The number of rotatable bonds is 5. The van der Waals surface area contributed by atoms with Gasteiger partial charge in [0, 0.05) is 21.8 Å². The van der Waals surface area contributed by atoms with Gasteiger partial charge in [0.1, 0.15) is 5.00 Å². The molecule has 2 amide bonds. The van der Waals surface area contributed by atoms with E-state index in [4.69, 9.17) is 11.6 Å². The van der Waals surface area contributed by atoms with Crippen molar-refractivity contribution in [2.75, 3.05) is 10.6 Å². The largest absolute Gasteiger partial charge is 0.322 e. The monoisotopic (exact) mass is 398 g/mol. The Hall–Kier alpha value is -2.96. The van der Waals surface area contributed by atoms with Crippen LogP contribution in [0, 0.1) is 0 Å². The highest BCUT2D eigenvalue weighted by molar-refractivity contribution is 7.14. The van der Waals surface area contributed by atoms with Gasteiger partial charge in [0.05, 0.1) is 5.56 Å². The van der Waals surface area contributed by atoms with Gasteiger partial charge in [-0.15, -0.1) is 11.3 Å².